The molecule has 0 spiro atoms. The number of hydrogen-bond donors (Lipinski definition) is 1. The van der Waals surface area contributed by atoms with Gasteiger partial charge in [0.1, 0.15) is 17.4 Å². The standard InChI is InChI=1S/C20H17Cl4FN4O2/c1-11-7-3-5-9-13(11)26-16(15(21)20(22,23)24)27-17-18(30)28(2)19(31)29(17)14-10-6-4-8-12(14)25/h3-10,15-16,26H,1-2H3. The van der Waals surface area contributed by atoms with E-state index in [1.165, 1.54) is 25.2 Å². The number of carbonyl (C=O) groups excluding carboxylic acids is 2. The summed E-state index contributed by atoms with van der Waals surface area (Å²) in [5.74, 6) is -1.82. The zero-order valence-corrected chi connectivity index (χ0v) is 19.3. The molecule has 1 N–H and O–H groups in total. The fourth-order valence-corrected chi connectivity index (χ4v) is 3.39. The molecule has 1 aliphatic heterocycles. The summed E-state index contributed by atoms with van der Waals surface area (Å²) in [6, 6.07) is 11.9. The smallest absolute Gasteiger partial charge is 0.337 e. The van der Waals surface area contributed by atoms with Crippen LogP contribution in [0.25, 0.3) is 0 Å². The Bertz CT molecular complexity index is 1040. The molecule has 11 heteroatoms. The molecule has 0 saturated carbocycles. The van der Waals surface area contributed by atoms with Crippen molar-refractivity contribution in [2.24, 2.45) is 4.99 Å². The van der Waals surface area contributed by atoms with Gasteiger partial charge in [-0.25, -0.2) is 19.1 Å². The molecule has 1 aliphatic rings. The molecule has 6 nitrogen and oxygen atoms in total. The average molecular weight is 506 g/mol. The van der Waals surface area contributed by atoms with Crippen LogP contribution in [0.2, 0.25) is 0 Å². The molecule has 0 bridgehead atoms. The number of alkyl halides is 4. The molecule has 2 atom stereocenters. The van der Waals surface area contributed by atoms with Crippen LogP contribution in [0, 0.1) is 12.7 Å². The van der Waals surface area contributed by atoms with Gasteiger partial charge in [-0.3, -0.25) is 9.69 Å². The fraction of sp³-hybridized carbons (Fsp3) is 0.250. The van der Waals surface area contributed by atoms with Crippen molar-refractivity contribution < 1.29 is 14.0 Å². The molecule has 2 aromatic rings. The number of rotatable bonds is 5. The zero-order valence-electron chi connectivity index (χ0n) is 16.3. The number of halogens is 5. The van der Waals surface area contributed by atoms with Crippen LogP contribution in [0.4, 0.5) is 20.6 Å². The van der Waals surface area contributed by atoms with E-state index in [0.29, 0.717) is 5.69 Å². The quantitative estimate of drug-likeness (QED) is 0.440. The fourth-order valence-electron chi connectivity index (χ4n) is 2.91. The number of nitrogens with one attached hydrogen (secondary N) is 1. The van der Waals surface area contributed by atoms with Crippen LogP contribution in [0.3, 0.4) is 0 Å². The third-order valence-corrected chi connectivity index (χ3v) is 6.19. The molecule has 1 heterocycles. The number of amides is 3. The van der Waals surface area contributed by atoms with Gasteiger partial charge in [0.15, 0.2) is 0 Å². The van der Waals surface area contributed by atoms with E-state index in [1.807, 2.05) is 19.1 Å². The summed E-state index contributed by atoms with van der Waals surface area (Å²) < 4.78 is 12.5. The number of carbonyl (C=O) groups is 2. The highest BCUT2D eigenvalue weighted by atomic mass is 35.6. The van der Waals surface area contributed by atoms with Gasteiger partial charge in [0.05, 0.1) is 5.69 Å². The summed E-state index contributed by atoms with van der Waals surface area (Å²) in [5, 5.41) is 1.79. The maximum Gasteiger partial charge on any atom is 0.337 e. The minimum Gasteiger partial charge on any atom is -0.362 e. The van der Waals surface area contributed by atoms with Crippen LogP contribution >= 0.6 is 46.4 Å². The first-order chi connectivity index (χ1) is 14.5. The van der Waals surface area contributed by atoms with E-state index in [1.54, 1.807) is 12.1 Å². The highest BCUT2D eigenvalue weighted by molar-refractivity contribution is 6.70. The largest absolute Gasteiger partial charge is 0.362 e. The minimum absolute atomic E-state index is 0.140. The van der Waals surface area contributed by atoms with Crippen LogP contribution in [0.15, 0.2) is 53.5 Å². The third-order valence-electron chi connectivity index (χ3n) is 4.58. The Morgan fingerprint density at radius 3 is 2.29 bits per heavy atom. The van der Waals surface area contributed by atoms with Gasteiger partial charge in [0.2, 0.25) is 9.63 Å². The second-order valence-corrected chi connectivity index (χ2v) is 9.57. The van der Waals surface area contributed by atoms with Crippen LogP contribution in [0.5, 0.6) is 0 Å². The Kier molecular flexibility index (Phi) is 7.01. The molecule has 164 valence electrons. The number of nitrogens with zero attached hydrogens (tertiary/aromatic N) is 3. The van der Waals surface area contributed by atoms with Gasteiger partial charge in [-0.15, -0.1) is 11.6 Å². The Labute approximate surface area is 198 Å². The number of imide groups is 1. The normalized spacial score (nSPS) is 18.0. The number of benzene rings is 2. The Hall–Kier alpha value is -2.06. The lowest BCUT2D eigenvalue weighted by Gasteiger charge is -2.27. The highest BCUT2D eigenvalue weighted by Gasteiger charge is 2.45. The molecule has 0 aliphatic carbocycles. The lowest BCUT2D eigenvalue weighted by molar-refractivity contribution is -0.119. The highest BCUT2D eigenvalue weighted by Crippen LogP contribution is 2.37. The SMILES string of the molecule is Cc1ccccc1NC(N=C1C(=O)N(C)C(=O)N1c1ccccc1F)C(Cl)C(Cl)(Cl)Cl. The number of hydrogen-bond acceptors (Lipinski definition) is 4. The number of para-hydroxylation sites is 2. The van der Waals surface area contributed by atoms with Crippen molar-refractivity contribution in [1.82, 2.24) is 4.90 Å². The van der Waals surface area contributed by atoms with Crippen molar-refractivity contribution in [3.63, 3.8) is 0 Å². The Balaban J connectivity index is 2.11. The topological polar surface area (TPSA) is 65.0 Å². The molecule has 1 saturated heterocycles. The summed E-state index contributed by atoms with van der Waals surface area (Å²) in [6.07, 6.45) is -1.15. The van der Waals surface area contributed by atoms with Crippen molar-refractivity contribution in [3.8, 4) is 0 Å². The number of amidine groups is 1. The van der Waals surface area contributed by atoms with E-state index in [-0.39, 0.29) is 11.5 Å². The average Bonchev–Trinajstić information content (AvgIpc) is 2.92. The summed E-state index contributed by atoms with van der Waals surface area (Å²) in [4.78, 5) is 31.5. The maximum atomic E-state index is 14.4. The van der Waals surface area contributed by atoms with Crippen molar-refractivity contribution in [2.75, 3.05) is 17.3 Å². The van der Waals surface area contributed by atoms with Crippen molar-refractivity contribution in [2.45, 2.75) is 22.3 Å². The van der Waals surface area contributed by atoms with Gasteiger partial charge >= 0.3 is 6.03 Å². The predicted molar refractivity (Wildman–Crippen MR) is 123 cm³/mol. The van der Waals surface area contributed by atoms with Crippen LogP contribution in [-0.4, -0.2) is 45.1 Å². The van der Waals surface area contributed by atoms with E-state index >= 15 is 0 Å². The van der Waals surface area contributed by atoms with Crippen LogP contribution in [0.1, 0.15) is 5.56 Å². The summed E-state index contributed by atoms with van der Waals surface area (Å²) >= 11 is 24.4. The second-order valence-electron chi connectivity index (χ2n) is 6.73. The number of likely N-dealkylation sites (N-methyl/N-ethyl adjacent to an activating group) is 1. The molecular formula is C20H17Cl4FN4O2. The molecule has 3 rings (SSSR count). The molecule has 0 aromatic heterocycles. The molecule has 2 aromatic carbocycles. The summed E-state index contributed by atoms with van der Waals surface area (Å²) in [5.41, 5.74) is 1.33. The summed E-state index contributed by atoms with van der Waals surface area (Å²) in [6.45, 7) is 1.84. The van der Waals surface area contributed by atoms with Gasteiger partial charge < -0.3 is 5.32 Å². The van der Waals surface area contributed by atoms with Gasteiger partial charge in [-0.1, -0.05) is 65.1 Å². The molecule has 31 heavy (non-hydrogen) atoms. The molecule has 1 fully saturated rings. The van der Waals surface area contributed by atoms with Crippen LogP contribution < -0.4 is 10.2 Å². The van der Waals surface area contributed by atoms with E-state index in [2.05, 4.69) is 10.3 Å². The Morgan fingerprint density at radius 1 is 1.06 bits per heavy atom. The van der Waals surface area contributed by atoms with E-state index < -0.39 is 33.1 Å². The number of aryl methyl sites for hydroxylation is 1. The lowest BCUT2D eigenvalue weighted by Crippen LogP contribution is -2.41. The van der Waals surface area contributed by atoms with Gasteiger partial charge in [0, 0.05) is 12.7 Å². The number of anilines is 2. The second kappa shape index (κ2) is 9.20. The van der Waals surface area contributed by atoms with Crippen LogP contribution in [-0.2, 0) is 4.79 Å². The monoisotopic (exact) mass is 504 g/mol. The van der Waals surface area contributed by atoms with Gasteiger partial charge in [0.25, 0.3) is 5.91 Å². The zero-order chi connectivity index (χ0) is 22.9. The van der Waals surface area contributed by atoms with Crippen molar-refractivity contribution in [1.29, 1.82) is 0 Å². The third kappa shape index (κ3) is 4.90. The van der Waals surface area contributed by atoms with Gasteiger partial charge in [-0.2, -0.15) is 0 Å². The predicted octanol–water partition coefficient (Wildman–Crippen LogP) is 5.35. The lowest BCUT2D eigenvalue weighted by atomic mass is 10.2. The van der Waals surface area contributed by atoms with E-state index in [9.17, 15) is 14.0 Å². The number of aliphatic imine (C=N–C) groups is 1. The first-order valence-corrected chi connectivity index (χ1v) is 10.6. The molecular weight excluding hydrogens is 489 g/mol. The molecule has 2 unspecified atom stereocenters. The maximum absolute atomic E-state index is 14.4. The van der Waals surface area contributed by atoms with Gasteiger partial charge in [-0.05, 0) is 30.7 Å². The minimum atomic E-state index is -1.97. The van der Waals surface area contributed by atoms with Crippen molar-refractivity contribution in [3.05, 3.63) is 59.9 Å². The molecule has 3 amide bonds. The Morgan fingerprint density at radius 2 is 1.68 bits per heavy atom. The first kappa shape index (κ1) is 23.6. The van der Waals surface area contributed by atoms with E-state index in [4.69, 9.17) is 46.4 Å². The van der Waals surface area contributed by atoms with Crippen molar-refractivity contribution >= 4 is 75.6 Å². The number of urea groups is 1. The first-order valence-electron chi connectivity index (χ1n) is 8.99. The van der Waals surface area contributed by atoms with E-state index in [0.717, 1.165) is 21.4 Å². The summed E-state index contributed by atoms with van der Waals surface area (Å²) in [7, 11) is 1.26. The molecule has 0 radical (unpaired) electrons.